The summed E-state index contributed by atoms with van der Waals surface area (Å²) in [6, 6.07) is 16.9. The highest BCUT2D eigenvalue weighted by Crippen LogP contribution is 2.34. The number of fused-ring (bicyclic) bond motifs is 1. The van der Waals surface area contributed by atoms with Crippen LogP contribution in [0.3, 0.4) is 0 Å². The van der Waals surface area contributed by atoms with E-state index in [0.717, 1.165) is 11.8 Å². The van der Waals surface area contributed by atoms with E-state index in [-0.39, 0.29) is 0 Å². The van der Waals surface area contributed by atoms with Gasteiger partial charge in [0.25, 0.3) is 0 Å². The van der Waals surface area contributed by atoms with Crippen molar-refractivity contribution in [1.29, 1.82) is 0 Å². The smallest absolute Gasteiger partial charge is 0.355 e. The number of aromatic nitrogens is 1. The number of alkyl halides is 3. The monoisotopic (exact) mass is 288 g/mol. The molecule has 0 fully saturated rings. The first kappa shape index (κ1) is 13.4. The van der Waals surface area contributed by atoms with E-state index in [2.05, 4.69) is 10.3 Å². The second kappa shape index (κ2) is 5.09. The Hall–Kier alpha value is -2.56. The lowest BCUT2D eigenvalue weighted by Gasteiger charge is -2.13. The Labute approximate surface area is 119 Å². The van der Waals surface area contributed by atoms with E-state index in [9.17, 15) is 13.2 Å². The topological polar surface area (TPSA) is 24.9 Å². The summed E-state index contributed by atoms with van der Waals surface area (Å²) in [6.07, 6.45) is -4.48. The van der Waals surface area contributed by atoms with E-state index in [1.807, 2.05) is 18.2 Å². The number of nitrogens with zero attached hydrogens (tertiary/aromatic N) is 1. The maximum absolute atomic E-state index is 12.9. The van der Waals surface area contributed by atoms with Crippen LogP contribution in [0, 0.1) is 0 Å². The van der Waals surface area contributed by atoms with Crippen LogP contribution in [-0.4, -0.2) is 4.98 Å². The molecule has 106 valence electrons. The molecule has 0 aliphatic carbocycles. The van der Waals surface area contributed by atoms with Crippen LogP contribution in [0.2, 0.25) is 0 Å². The maximum atomic E-state index is 12.9. The quantitative estimate of drug-likeness (QED) is 0.718. The number of hydrogen-bond acceptors (Lipinski definition) is 2. The SMILES string of the molecule is FC(F)(F)c1cc(Nc2ccccc2)c2ccccc2n1. The third kappa shape index (κ3) is 2.81. The molecule has 21 heavy (non-hydrogen) atoms. The molecule has 0 bridgehead atoms. The van der Waals surface area contributed by atoms with E-state index in [1.54, 1.807) is 36.4 Å². The lowest BCUT2D eigenvalue weighted by Crippen LogP contribution is -2.09. The number of rotatable bonds is 2. The minimum atomic E-state index is -4.48. The summed E-state index contributed by atoms with van der Waals surface area (Å²) in [7, 11) is 0. The van der Waals surface area contributed by atoms with Crippen LogP contribution in [0.1, 0.15) is 5.69 Å². The summed E-state index contributed by atoms with van der Waals surface area (Å²) in [5, 5.41) is 3.67. The number of halogens is 3. The summed E-state index contributed by atoms with van der Waals surface area (Å²) in [5.74, 6) is 0. The van der Waals surface area contributed by atoms with Crippen molar-refractivity contribution >= 4 is 22.3 Å². The fraction of sp³-hybridized carbons (Fsp3) is 0.0625. The third-order valence-corrected chi connectivity index (χ3v) is 3.06. The van der Waals surface area contributed by atoms with E-state index >= 15 is 0 Å². The highest BCUT2D eigenvalue weighted by Gasteiger charge is 2.33. The van der Waals surface area contributed by atoms with Gasteiger partial charge in [-0.1, -0.05) is 36.4 Å². The minimum Gasteiger partial charge on any atom is -0.355 e. The van der Waals surface area contributed by atoms with Crippen molar-refractivity contribution in [3.05, 3.63) is 66.4 Å². The molecule has 1 aromatic heterocycles. The molecule has 1 heterocycles. The van der Waals surface area contributed by atoms with Gasteiger partial charge in [0.2, 0.25) is 0 Å². The van der Waals surface area contributed by atoms with Crippen LogP contribution in [0.15, 0.2) is 60.7 Å². The average Bonchev–Trinajstić information content (AvgIpc) is 2.47. The summed E-state index contributed by atoms with van der Waals surface area (Å²) < 4.78 is 38.8. The van der Waals surface area contributed by atoms with Gasteiger partial charge in [0.05, 0.1) is 11.2 Å². The zero-order valence-corrected chi connectivity index (χ0v) is 10.9. The fourth-order valence-electron chi connectivity index (χ4n) is 2.10. The van der Waals surface area contributed by atoms with E-state index in [1.165, 1.54) is 0 Å². The van der Waals surface area contributed by atoms with E-state index < -0.39 is 11.9 Å². The fourth-order valence-corrected chi connectivity index (χ4v) is 2.10. The molecule has 3 rings (SSSR count). The first-order chi connectivity index (χ1) is 10.0. The van der Waals surface area contributed by atoms with Crippen molar-refractivity contribution in [3.8, 4) is 0 Å². The van der Waals surface area contributed by atoms with Gasteiger partial charge < -0.3 is 5.32 Å². The van der Waals surface area contributed by atoms with Crippen LogP contribution in [0.5, 0.6) is 0 Å². The van der Waals surface area contributed by atoms with Gasteiger partial charge in [-0.05, 0) is 24.3 Å². The van der Waals surface area contributed by atoms with Gasteiger partial charge >= 0.3 is 6.18 Å². The van der Waals surface area contributed by atoms with Crippen LogP contribution < -0.4 is 5.32 Å². The van der Waals surface area contributed by atoms with Gasteiger partial charge in [-0.25, -0.2) is 4.98 Å². The normalized spacial score (nSPS) is 11.6. The maximum Gasteiger partial charge on any atom is 0.433 e. The van der Waals surface area contributed by atoms with Crippen LogP contribution in [-0.2, 0) is 6.18 Å². The van der Waals surface area contributed by atoms with Crippen molar-refractivity contribution in [1.82, 2.24) is 4.98 Å². The van der Waals surface area contributed by atoms with Gasteiger partial charge in [0.1, 0.15) is 5.69 Å². The van der Waals surface area contributed by atoms with Gasteiger partial charge in [0, 0.05) is 11.1 Å². The summed E-state index contributed by atoms with van der Waals surface area (Å²) in [6.45, 7) is 0. The molecular weight excluding hydrogens is 277 g/mol. The molecule has 0 spiro atoms. The van der Waals surface area contributed by atoms with Crippen LogP contribution in [0.4, 0.5) is 24.5 Å². The van der Waals surface area contributed by atoms with E-state index in [0.29, 0.717) is 16.6 Å². The molecule has 0 radical (unpaired) electrons. The number of para-hydroxylation sites is 2. The third-order valence-electron chi connectivity index (χ3n) is 3.06. The van der Waals surface area contributed by atoms with Crippen LogP contribution in [0.25, 0.3) is 10.9 Å². The van der Waals surface area contributed by atoms with Gasteiger partial charge in [0.15, 0.2) is 0 Å². The molecular formula is C16H11F3N2. The standard InChI is InChI=1S/C16H11F3N2/c17-16(18,19)15-10-14(20-11-6-2-1-3-7-11)12-8-4-5-9-13(12)21-15/h1-10H,(H,20,21). The molecule has 0 aliphatic rings. The molecule has 3 aromatic rings. The van der Waals surface area contributed by atoms with Crippen molar-refractivity contribution in [2.45, 2.75) is 6.18 Å². The highest BCUT2D eigenvalue weighted by atomic mass is 19.4. The Morgan fingerprint density at radius 3 is 2.24 bits per heavy atom. The zero-order valence-electron chi connectivity index (χ0n) is 10.9. The number of nitrogens with one attached hydrogen (secondary N) is 1. The molecule has 0 aliphatic heterocycles. The number of pyridine rings is 1. The Balaban J connectivity index is 2.15. The molecule has 2 nitrogen and oxygen atoms in total. The highest BCUT2D eigenvalue weighted by molar-refractivity contribution is 5.93. The number of benzene rings is 2. The lowest BCUT2D eigenvalue weighted by molar-refractivity contribution is -0.140. The molecule has 0 amide bonds. The first-order valence-corrected chi connectivity index (χ1v) is 6.33. The Morgan fingerprint density at radius 1 is 0.857 bits per heavy atom. The van der Waals surface area contributed by atoms with Gasteiger partial charge in [-0.15, -0.1) is 0 Å². The van der Waals surface area contributed by atoms with Gasteiger partial charge in [-0.3, -0.25) is 0 Å². The molecule has 1 N–H and O–H groups in total. The molecule has 0 saturated carbocycles. The Bertz CT molecular complexity index is 767. The molecule has 0 unspecified atom stereocenters. The van der Waals surface area contributed by atoms with Crippen molar-refractivity contribution < 1.29 is 13.2 Å². The van der Waals surface area contributed by atoms with Crippen LogP contribution >= 0.6 is 0 Å². The predicted octanol–water partition coefficient (Wildman–Crippen LogP) is 5.00. The second-order valence-corrected chi connectivity index (χ2v) is 4.56. The number of hydrogen-bond donors (Lipinski definition) is 1. The van der Waals surface area contributed by atoms with Crippen molar-refractivity contribution in [2.75, 3.05) is 5.32 Å². The predicted molar refractivity (Wildman–Crippen MR) is 76.5 cm³/mol. The van der Waals surface area contributed by atoms with Gasteiger partial charge in [-0.2, -0.15) is 13.2 Å². The first-order valence-electron chi connectivity index (χ1n) is 6.33. The average molecular weight is 288 g/mol. The Morgan fingerprint density at radius 2 is 1.52 bits per heavy atom. The molecule has 5 heteroatoms. The summed E-state index contributed by atoms with van der Waals surface area (Å²) in [5.41, 5.74) is 0.520. The molecule has 0 saturated heterocycles. The van der Waals surface area contributed by atoms with E-state index in [4.69, 9.17) is 0 Å². The molecule has 2 aromatic carbocycles. The molecule has 0 atom stereocenters. The van der Waals surface area contributed by atoms with Crippen molar-refractivity contribution in [2.24, 2.45) is 0 Å². The Kier molecular flexibility index (Phi) is 3.25. The van der Waals surface area contributed by atoms with Crippen molar-refractivity contribution in [3.63, 3.8) is 0 Å². The number of anilines is 2. The minimum absolute atomic E-state index is 0.311. The largest absolute Gasteiger partial charge is 0.433 e. The zero-order chi connectivity index (χ0) is 14.9. The second-order valence-electron chi connectivity index (χ2n) is 4.56. The lowest BCUT2D eigenvalue weighted by atomic mass is 10.1. The summed E-state index contributed by atoms with van der Waals surface area (Å²) in [4.78, 5) is 3.68. The summed E-state index contributed by atoms with van der Waals surface area (Å²) >= 11 is 0.